The van der Waals surface area contributed by atoms with Crippen molar-refractivity contribution in [2.45, 2.75) is 63.4 Å². The Bertz CT molecular complexity index is 1690. The number of aliphatic hydroxyl groups is 3. The largest absolute Gasteiger partial charge is 0.507 e. The molecule has 13 heteroatoms. The second kappa shape index (κ2) is 10.5. The highest BCUT2D eigenvalue weighted by Gasteiger charge is 2.60. The molecule has 0 aromatic heterocycles. The Balaban J connectivity index is 1.58. The van der Waals surface area contributed by atoms with Gasteiger partial charge in [0.25, 0.3) is 0 Å². The summed E-state index contributed by atoms with van der Waals surface area (Å²) in [6.45, 7) is 2.87. The molecule has 3 heterocycles. The highest BCUT2D eigenvalue weighted by atomic mass is 16.6. The lowest BCUT2D eigenvalue weighted by atomic mass is 9.69. The number of cyclic esters (lactones) is 1. The molecule has 1 saturated carbocycles. The highest BCUT2D eigenvalue weighted by Crippen LogP contribution is 2.56. The van der Waals surface area contributed by atoms with Crippen LogP contribution in [0.2, 0.25) is 0 Å². The van der Waals surface area contributed by atoms with Crippen molar-refractivity contribution in [3.63, 3.8) is 0 Å². The van der Waals surface area contributed by atoms with Crippen molar-refractivity contribution in [3.8, 4) is 34.1 Å². The van der Waals surface area contributed by atoms with Crippen molar-refractivity contribution in [1.82, 2.24) is 0 Å². The molecule has 1 saturated heterocycles. The topological polar surface area (TPSA) is 206 Å². The monoisotopic (exact) mass is 624 g/mol. The summed E-state index contributed by atoms with van der Waals surface area (Å²) in [6.07, 6.45) is -2.75. The second-order valence-electron chi connectivity index (χ2n) is 12.2. The van der Waals surface area contributed by atoms with E-state index in [4.69, 9.17) is 18.9 Å². The van der Waals surface area contributed by atoms with E-state index in [1.807, 2.05) is 0 Å². The summed E-state index contributed by atoms with van der Waals surface area (Å²) in [4.78, 5) is 51.1. The van der Waals surface area contributed by atoms with E-state index >= 15 is 0 Å². The predicted octanol–water partition coefficient (Wildman–Crippen LogP) is 2.35. The van der Waals surface area contributed by atoms with Crippen LogP contribution >= 0.6 is 0 Å². The van der Waals surface area contributed by atoms with Gasteiger partial charge in [0.15, 0.2) is 23.3 Å². The van der Waals surface area contributed by atoms with E-state index in [2.05, 4.69) is 0 Å². The molecule has 0 amide bonds. The molecular weight excluding hydrogens is 592 g/mol. The lowest BCUT2D eigenvalue weighted by molar-refractivity contribution is -0.172. The first-order valence-corrected chi connectivity index (χ1v) is 14.5. The SMILES string of the molecule is CC(=O)O[C@H]1[C@@H](C)CC(=O)C2=C(O)c3c(O)ccc(-c4ccc(O)c5c4O[C@](CO)([C@H]4OC(=O)C[C@@H]4C)CC5=O)c3O[C@]21CO. The van der Waals surface area contributed by atoms with Crippen LogP contribution in [-0.2, 0) is 23.9 Å². The van der Waals surface area contributed by atoms with Crippen LogP contribution in [0.1, 0.15) is 56.0 Å². The van der Waals surface area contributed by atoms with E-state index in [1.54, 1.807) is 13.8 Å². The zero-order valence-electron chi connectivity index (χ0n) is 24.7. The number of carbonyl (C=O) groups excluding carboxylic acids is 4. The lowest BCUT2D eigenvalue weighted by Crippen LogP contribution is -2.62. The Kier molecular flexibility index (Phi) is 7.09. The van der Waals surface area contributed by atoms with E-state index < -0.39 is 95.6 Å². The summed E-state index contributed by atoms with van der Waals surface area (Å²) >= 11 is 0. The van der Waals surface area contributed by atoms with Crippen LogP contribution < -0.4 is 9.47 Å². The average molecular weight is 625 g/mol. The quantitative estimate of drug-likeness (QED) is 0.303. The van der Waals surface area contributed by atoms with Gasteiger partial charge in [-0.3, -0.25) is 19.2 Å². The molecule has 2 fully saturated rings. The first-order valence-electron chi connectivity index (χ1n) is 14.5. The van der Waals surface area contributed by atoms with Gasteiger partial charge in [0.05, 0.1) is 31.6 Å². The number of fused-ring (bicyclic) bond motifs is 3. The Morgan fingerprint density at radius 2 is 1.49 bits per heavy atom. The van der Waals surface area contributed by atoms with Gasteiger partial charge in [0, 0.05) is 36.3 Å². The minimum Gasteiger partial charge on any atom is -0.507 e. The maximum atomic E-state index is 13.6. The Labute approximate surface area is 256 Å². The number of Topliss-reactive ketones (excluding diaryl/α,β-unsaturated/α-hetero) is 2. The van der Waals surface area contributed by atoms with Gasteiger partial charge in [0.2, 0.25) is 5.60 Å². The number of phenolic OH excluding ortho intramolecular Hbond substituents is 2. The van der Waals surface area contributed by atoms with Crippen LogP contribution in [0.25, 0.3) is 16.9 Å². The summed E-state index contributed by atoms with van der Waals surface area (Å²) in [6, 6.07) is 5.21. The second-order valence-corrected chi connectivity index (χ2v) is 12.2. The number of benzene rings is 2. The zero-order chi connectivity index (χ0) is 32.6. The normalized spacial score (nSPS) is 30.5. The maximum Gasteiger partial charge on any atom is 0.306 e. The van der Waals surface area contributed by atoms with Crippen molar-refractivity contribution in [3.05, 3.63) is 41.0 Å². The van der Waals surface area contributed by atoms with Gasteiger partial charge in [-0.15, -0.1) is 0 Å². The minimum atomic E-state index is -2.07. The number of hydrogen-bond acceptors (Lipinski definition) is 13. The third kappa shape index (κ3) is 4.36. The molecular formula is C32H32O13. The Hall–Kier alpha value is -4.62. The summed E-state index contributed by atoms with van der Waals surface area (Å²) in [5.41, 5.74) is -4.48. The zero-order valence-corrected chi connectivity index (χ0v) is 24.7. The van der Waals surface area contributed by atoms with E-state index in [0.717, 1.165) is 6.92 Å². The number of aliphatic hydroxyl groups excluding tert-OH is 3. The fourth-order valence-corrected chi connectivity index (χ4v) is 7.20. The highest BCUT2D eigenvalue weighted by molar-refractivity contribution is 6.08. The van der Waals surface area contributed by atoms with E-state index in [9.17, 15) is 44.7 Å². The van der Waals surface area contributed by atoms with Gasteiger partial charge in [0.1, 0.15) is 46.0 Å². The number of aromatic hydroxyl groups is 2. The molecule has 2 aromatic rings. The third-order valence-corrected chi connectivity index (χ3v) is 9.13. The third-order valence-electron chi connectivity index (χ3n) is 9.13. The first-order chi connectivity index (χ1) is 21.3. The van der Waals surface area contributed by atoms with E-state index in [1.165, 1.54) is 24.3 Å². The summed E-state index contributed by atoms with van der Waals surface area (Å²) in [5.74, 6) is -5.53. The Morgan fingerprint density at radius 3 is 2.04 bits per heavy atom. The fourth-order valence-electron chi connectivity index (χ4n) is 7.20. The van der Waals surface area contributed by atoms with Gasteiger partial charge in [-0.1, -0.05) is 13.8 Å². The minimum absolute atomic E-state index is 0.0425. The van der Waals surface area contributed by atoms with Crippen molar-refractivity contribution in [1.29, 1.82) is 0 Å². The number of carbonyl (C=O) groups is 4. The number of phenols is 2. The van der Waals surface area contributed by atoms with Gasteiger partial charge in [-0.2, -0.15) is 0 Å². The molecule has 0 radical (unpaired) electrons. The predicted molar refractivity (Wildman–Crippen MR) is 153 cm³/mol. The van der Waals surface area contributed by atoms with E-state index in [0.29, 0.717) is 0 Å². The number of esters is 2. The number of hydrogen-bond donors (Lipinski definition) is 5. The van der Waals surface area contributed by atoms with Crippen LogP contribution in [-0.4, -0.2) is 85.7 Å². The van der Waals surface area contributed by atoms with Crippen molar-refractivity contribution >= 4 is 29.3 Å². The molecule has 0 bridgehead atoms. The van der Waals surface area contributed by atoms with E-state index in [-0.39, 0.29) is 52.2 Å². The van der Waals surface area contributed by atoms with Gasteiger partial charge < -0.3 is 44.5 Å². The molecule has 2 aromatic carbocycles. The molecule has 45 heavy (non-hydrogen) atoms. The average Bonchev–Trinajstić information content (AvgIpc) is 3.33. The summed E-state index contributed by atoms with van der Waals surface area (Å²) < 4.78 is 23.7. The molecule has 238 valence electrons. The molecule has 6 rings (SSSR count). The van der Waals surface area contributed by atoms with Crippen LogP contribution in [0.5, 0.6) is 23.0 Å². The van der Waals surface area contributed by atoms with Gasteiger partial charge in [-0.05, 0) is 24.3 Å². The molecule has 1 aliphatic carbocycles. The fraction of sp³-hybridized carbons (Fsp3) is 0.438. The summed E-state index contributed by atoms with van der Waals surface area (Å²) in [5, 5.41) is 54.5. The Morgan fingerprint density at radius 1 is 0.867 bits per heavy atom. The molecule has 13 nitrogen and oxygen atoms in total. The maximum absolute atomic E-state index is 13.6. The summed E-state index contributed by atoms with van der Waals surface area (Å²) in [7, 11) is 0. The number of ketones is 2. The molecule has 6 atom stereocenters. The van der Waals surface area contributed by atoms with Crippen LogP contribution in [0.15, 0.2) is 29.8 Å². The molecule has 4 aliphatic rings. The van der Waals surface area contributed by atoms with Crippen molar-refractivity contribution in [2.24, 2.45) is 11.8 Å². The van der Waals surface area contributed by atoms with Gasteiger partial charge >= 0.3 is 11.9 Å². The van der Waals surface area contributed by atoms with Crippen LogP contribution in [0, 0.1) is 11.8 Å². The standard InChI is InChI=1S/C32H32O13/c1-13-8-20(38)25-26(41)24-19(37)7-5-17(28(24)45-32(25,12-34)30(13)42-15(3)35)16-4-6-18(36)23-21(39)10-31(11-33,44-27(16)23)29-14(2)9-22(40)43-29/h4-7,13-14,29-30,33-34,36-37,41H,8-12H2,1-3H3/t13-,14-,29-,30-,31+,32+/m0/s1. The van der Waals surface area contributed by atoms with Crippen LogP contribution in [0.4, 0.5) is 0 Å². The lowest BCUT2D eigenvalue weighted by Gasteiger charge is -2.48. The number of ether oxygens (including phenoxy) is 4. The molecule has 5 N–H and O–H groups in total. The van der Waals surface area contributed by atoms with Crippen molar-refractivity contribution in [2.75, 3.05) is 13.2 Å². The smallest absolute Gasteiger partial charge is 0.306 e. The molecule has 0 unspecified atom stereocenters. The van der Waals surface area contributed by atoms with Gasteiger partial charge in [-0.25, -0.2) is 0 Å². The van der Waals surface area contributed by atoms with Crippen molar-refractivity contribution < 1.29 is 63.7 Å². The molecule has 0 spiro atoms. The van der Waals surface area contributed by atoms with Crippen LogP contribution in [0.3, 0.4) is 0 Å². The molecule has 3 aliphatic heterocycles. The number of rotatable bonds is 5. The first kappa shape index (κ1) is 30.4.